The van der Waals surface area contributed by atoms with Crippen molar-refractivity contribution in [3.8, 4) is 11.1 Å². The maximum Gasteiger partial charge on any atom is 0.323 e. The lowest BCUT2D eigenvalue weighted by Gasteiger charge is -2.15. The third-order valence-corrected chi connectivity index (χ3v) is 8.60. The highest BCUT2D eigenvalue weighted by Crippen LogP contribution is 2.21. The monoisotopic (exact) mass is 583 g/mol. The Bertz CT molecular complexity index is 1490. The number of nitrogens with zero attached hydrogens (tertiary/aromatic N) is 1. The molecule has 11 nitrogen and oxygen atoms in total. The first-order chi connectivity index (χ1) is 19.2. The molecule has 40 heavy (non-hydrogen) atoms. The van der Waals surface area contributed by atoms with Crippen molar-refractivity contribution in [3.63, 3.8) is 0 Å². The van der Waals surface area contributed by atoms with Crippen LogP contribution in [0, 0.1) is 0 Å². The summed E-state index contributed by atoms with van der Waals surface area (Å²) in [4.78, 5) is 41.7. The fraction of sp³-hybridized carbons (Fsp3) is 0.259. The third kappa shape index (κ3) is 7.97. The van der Waals surface area contributed by atoms with E-state index in [-0.39, 0.29) is 17.2 Å². The molecule has 0 aliphatic carbocycles. The van der Waals surface area contributed by atoms with Gasteiger partial charge in [0.15, 0.2) is 5.96 Å². The van der Waals surface area contributed by atoms with Crippen molar-refractivity contribution < 1.29 is 27.9 Å². The van der Waals surface area contributed by atoms with E-state index in [0.29, 0.717) is 23.8 Å². The number of hydrogen-bond donors (Lipinski definition) is 5. The number of guanidine groups is 1. The first-order valence-electron chi connectivity index (χ1n) is 12.6. The molecule has 0 fully saturated rings. The van der Waals surface area contributed by atoms with Crippen LogP contribution >= 0.6 is 11.3 Å². The molecule has 4 rings (SSSR count). The number of aliphatic imine (C=N–C) groups is 1. The van der Waals surface area contributed by atoms with Gasteiger partial charge in [-0.2, -0.15) is 4.72 Å². The average molecular weight is 584 g/mol. The Morgan fingerprint density at radius 1 is 1.00 bits per heavy atom. The Morgan fingerprint density at radius 3 is 2.40 bits per heavy atom. The van der Waals surface area contributed by atoms with E-state index in [1.165, 1.54) is 23.5 Å². The molecule has 5 N–H and O–H groups in total. The number of rotatable bonds is 11. The molecular weight excluding hydrogens is 554 g/mol. The van der Waals surface area contributed by atoms with Crippen molar-refractivity contribution >= 4 is 45.1 Å². The molecule has 0 spiro atoms. The van der Waals surface area contributed by atoms with Crippen molar-refractivity contribution in [2.45, 2.75) is 30.2 Å². The molecule has 0 unspecified atom stereocenters. The van der Waals surface area contributed by atoms with Crippen molar-refractivity contribution in [1.29, 1.82) is 0 Å². The van der Waals surface area contributed by atoms with E-state index in [0.717, 1.165) is 29.0 Å². The van der Waals surface area contributed by atoms with Crippen LogP contribution in [0.15, 0.2) is 76.6 Å². The van der Waals surface area contributed by atoms with Crippen LogP contribution in [0.1, 0.15) is 27.4 Å². The van der Waals surface area contributed by atoms with Gasteiger partial charge in [0, 0.05) is 30.9 Å². The van der Waals surface area contributed by atoms with E-state index in [4.69, 9.17) is 0 Å². The minimum atomic E-state index is -4.17. The Kier molecular flexibility index (Phi) is 9.64. The molecule has 0 bridgehead atoms. The van der Waals surface area contributed by atoms with Gasteiger partial charge in [-0.05, 0) is 48.2 Å². The van der Waals surface area contributed by atoms with Gasteiger partial charge < -0.3 is 15.7 Å². The third-order valence-electron chi connectivity index (χ3n) is 5.97. The Hall–Kier alpha value is -4.07. The van der Waals surface area contributed by atoms with E-state index in [1.807, 2.05) is 30.3 Å². The largest absolute Gasteiger partial charge is 0.480 e. The van der Waals surface area contributed by atoms with Crippen LogP contribution < -0.4 is 20.7 Å². The summed E-state index contributed by atoms with van der Waals surface area (Å²) in [6.45, 7) is 0.965. The number of carboxylic acids is 1. The summed E-state index contributed by atoms with van der Waals surface area (Å²) < 4.78 is 27.8. The number of hydrogen-bond acceptors (Lipinski definition) is 8. The second-order valence-corrected chi connectivity index (χ2v) is 11.8. The Morgan fingerprint density at radius 2 is 1.73 bits per heavy atom. The van der Waals surface area contributed by atoms with Gasteiger partial charge in [0.1, 0.15) is 6.04 Å². The topological polar surface area (TPSA) is 166 Å². The summed E-state index contributed by atoms with van der Waals surface area (Å²) in [6, 6.07) is 17.2. The van der Waals surface area contributed by atoms with Crippen LogP contribution in [0.25, 0.3) is 11.1 Å². The standard InChI is InChI=1S/C27H29N5O6S2/c33-24(31-27-28-15-4-16-29-27)14-10-20-9-13-23(39-20)25(34)30-17-22(26(35)36)32-40(37,38)21-11-7-19(8-12-21)18-5-2-1-3-6-18/h1-3,5-9,11-13,22,32H,4,10,14-17H2,(H,30,34)(H,35,36)(H2,28,29,31,33)/t22-/m0/s1. The summed E-state index contributed by atoms with van der Waals surface area (Å²) in [5.74, 6) is -1.70. The van der Waals surface area contributed by atoms with Gasteiger partial charge >= 0.3 is 5.97 Å². The molecule has 1 aromatic heterocycles. The zero-order valence-electron chi connectivity index (χ0n) is 21.4. The number of aryl methyl sites for hydroxylation is 1. The van der Waals surface area contributed by atoms with Crippen molar-refractivity contribution in [2.75, 3.05) is 19.6 Å². The Labute approximate surface area is 235 Å². The minimum absolute atomic E-state index is 0.0944. The SMILES string of the molecule is O=C(CCc1ccc(C(=O)NC[C@H](NS(=O)(=O)c2ccc(-c3ccccc3)cc2)C(=O)O)s1)NC1=NCCCN1. The van der Waals surface area contributed by atoms with Crippen LogP contribution in [0.2, 0.25) is 0 Å². The molecule has 3 aromatic rings. The number of amides is 2. The van der Waals surface area contributed by atoms with E-state index >= 15 is 0 Å². The molecule has 210 valence electrons. The lowest BCUT2D eigenvalue weighted by atomic mass is 10.1. The van der Waals surface area contributed by atoms with Crippen LogP contribution in [0.3, 0.4) is 0 Å². The maximum atomic E-state index is 12.8. The van der Waals surface area contributed by atoms with Crippen LogP contribution in [0.5, 0.6) is 0 Å². The molecular formula is C27H29N5O6S2. The molecule has 13 heteroatoms. The number of carbonyl (C=O) groups excluding carboxylic acids is 2. The van der Waals surface area contributed by atoms with Gasteiger partial charge in [-0.1, -0.05) is 42.5 Å². The number of nitrogens with one attached hydrogen (secondary N) is 4. The van der Waals surface area contributed by atoms with Crippen LogP contribution in [-0.4, -0.2) is 62.9 Å². The maximum absolute atomic E-state index is 12.8. The predicted molar refractivity (Wildman–Crippen MR) is 152 cm³/mol. The van der Waals surface area contributed by atoms with Gasteiger partial charge in [-0.3, -0.25) is 24.7 Å². The molecule has 0 saturated heterocycles. The van der Waals surface area contributed by atoms with E-state index < -0.39 is 34.5 Å². The lowest BCUT2D eigenvalue weighted by molar-refractivity contribution is -0.138. The summed E-state index contributed by atoms with van der Waals surface area (Å²) in [7, 11) is -4.17. The molecule has 1 aliphatic rings. The second-order valence-electron chi connectivity index (χ2n) is 8.94. The highest BCUT2D eigenvalue weighted by molar-refractivity contribution is 7.89. The number of sulfonamides is 1. The van der Waals surface area contributed by atoms with E-state index in [2.05, 4.69) is 25.7 Å². The number of thiophene rings is 1. The highest BCUT2D eigenvalue weighted by Gasteiger charge is 2.26. The molecule has 2 aromatic carbocycles. The zero-order chi connectivity index (χ0) is 28.5. The molecule has 0 radical (unpaired) electrons. The molecule has 1 aliphatic heterocycles. The molecule has 0 saturated carbocycles. The fourth-order valence-corrected chi connectivity index (χ4v) is 5.97. The van der Waals surface area contributed by atoms with Gasteiger partial charge in [0.25, 0.3) is 5.91 Å². The van der Waals surface area contributed by atoms with Gasteiger partial charge in [-0.25, -0.2) is 8.42 Å². The van der Waals surface area contributed by atoms with E-state index in [9.17, 15) is 27.9 Å². The van der Waals surface area contributed by atoms with Crippen molar-refractivity contribution in [2.24, 2.45) is 4.99 Å². The Balaban J connectivity index is 1.29. The average Bonchev–Trinajstić information content (AvgIpc) is 3.44. The smallest absolute Gasteiger partial charge is 0.323 e. The van der Waals surface area contributed by atoms with Crippen molar-refractivity contribution in [3.05, 3.63) is 76.5 Å². The normalized spacial score (nSPS) is 13.9. The van der Waals surface area contributed by atoms with Gasteiger partial charge in [-0.15, -0.1) is 11.3 Å². The minimum Gasteiger partial charge on any atom is -0.480 e. The van der Waals surface area contributed by atoms with Crippen molar-refractivity contribution in [1.82, 2.24) is 20.7 Å². The molecule has 2 heterocycles. The summed E-state index contributed by atoms with van der Waals surface area (Å²) in [5, 5.41) is 17.8. The number of carbonyl (C=O) groups is 3. The first-order valence-corrected chi connectivity index (χ1v) is 14.9. The number of benzene rings is 2. The van der Waals surface area contributed by atoms with Gasteiger partial charge in [0.2, 0.25) is 15.9 Å². The van der Waals surface area contributed by atoms with Crippen LogP contribution in [0.4, 0.5) is 0 Å². The highest BCUT2D eigenvalue weighted by atomic mass is 32.2. The zero-order valence-corrected chi connectivity index (χ0v) is 23.1. The second kappa shape index (κ2) is 13.3. The number of aliphatic carboxylic acids is 1. The summed E-state index contributed by atoms with van der Waals surface area (Å²) in [6.07, 6.45) is 1.54. The summed E-state index contributed by atoms with van der Waals surface area (Å²) >= 11 is 1.17. The molecule has 2 amide bonds. The summed E-state index contributed by atoms with van der Waals surface area (Å²) in [5.41, 5.74) is 1.73. The quantitative estimate of drug-likeness (QED) is 0.230. The lowest BCUT2D eigenvalue weighted by Crippen LogP contribution is -2.48. The fourth-order valence-electron chi connectivity index (χ4n) is 3.86. The van der Waals surface area contributed by atoms with Crippen LogP contribution in [-0.2, 0) is 26.0 Å². The molecule has 1 atom stereocenters. The van der Waals surface area contributed by atoms with Gasteiger partial charge in [0.05, 0.1) is 9.77 Å². The number of carboxylic acid groups (broad SMARTS) is 1. The first kappa shape index (κ1) is 28.9. The predicted octanol–water partition coefficient (Wildman–Crippen LogP) is 1.97. The van der Waals surface area contributed by atoms with E-state index in [1.54, 1.807) is 24.3 Å².